The minimum absolute atomic E-state index is 0.0524. The lowest BCUT2D eigenvalue weighted by Gasteiger charge is -2.26. The van der Waals surface area contributed by atoms with Crippen molar-refractivity contribution in [3.8, 4) is 0 Å². The van der Waals surface area contributed by atoms with Crippen LogP contribution in [0.15, 0.2) is 51.5 Å². The number of nitrogens with zero attached hydrogens (tertiary/aromatic N) is 2. The summed E-state index contributed by atoms with van der Waals surface area (Å²) in [4.78, 5) is 53.7. The number of amides is 2. The lowest BCUT2D eigenvalue weighted by molar-refractivity contribution is -0.120. The number of Topliss-reactive ketones (excluding diaryl/α,β-unsaturated/α-hetero) is 1. The number of allylic oxidation sites excluding steroid dienone is 4. The van der Waals surface area contributed by atoms with E-state index in [9.17, 15) is 24.4 Å². The highest BCUT2D eigenvalue weighted by molar-refractivity contribution is 6.23. The molecule has 5 N–H and O–H groups in total. The number of oxime groups is 1. The van der Waals surface area contributed by atoms with Crippen molar-refractivity contribution in [3.63, 3.8) is 0 Å². The number of hydrogen-bond acceptors (Lipinski definition) is 9. The summed E-state index contributed by atoms with van der Waals surface area (Å²) in [6, 6.07) is 0. The molecular formula is C32H49N5O6. The van der Waals surface area contributed by atoms with Gasteiger partial charge >= 0.3 is 6.09 Å². The van der Waals surface area contributed by atoms with Crippen LogP contribution in [0.4, 0.5) is 4.79 Å². The highest BCUT2D eigenvalue weighted by atomic mass is 16.6. The van der Waals surface area contributed by atoms with E-state index in [2.05, 4.69) is 15.8 Å². The highest BCUT2D eigenvalue weighted by Crippen LogP contribution is 2.29. The highest BCUT2D eigenvalue weighted by Gasteiger charge is 2.32. The molecule has 43 heavy (non-hydrogen) atoms. The van der Waals surface area contributed by atoms with E-state index in [1.807, 2.05) is 59.7 Å². The number of likely N-dealkylation sites (N-methyl/N-ethyl adjacent to an activating group) is 1. The smallest absolute Gasteiger partial charge is 0.405 e. The number of nitrogens with one attached hydrogen (secondary N) is 2. The first kappa shape index (κ1) is 35.5. The molecule has 238 valence electrons. The average Bonchev–Trinajstić information content (AvgIpc) is 2.90. The van der Waals surface area contributed by atoms with Crippen LogP contribution in [0.1, 0.15) is 67.2 Å². The van der Waals surface area contributed by atoms with Crippen LogP contribution in [-0.4, -0.2) is 72.7 Å². The first-order chi connectivity index (χ1) is 20.2. The van der Waals surface area contributed by atoms with Crippen molar-refractivity contribution < 1.29 is 29.1 Å². The second kappa shape index (κ2) is 16.2. The molecule has 1 heterocycles. The maximum Gasteiger partial charge on any atom is 0.405 e. The summed E-state index contributed by atoms with van der Waals surface area (Å²) in [6.45, 7) is 12.4. The molecule has 0 aromatic rings. The van der Waals surface area contributed by atoms with Gasteiger partial charge in [-0.1, -0.05) is 45.0 Å². The second-order valence-electron chi connectivity index (χ2n) is 12.3. The summed E-state index contributed by atoms with van der Waals surface area (Å²) in [7, 11) is 3.84. The molecule has 2 bridgehead atoms. The van der Waals surface area contributed by atoms with Gasteiger partial charge in [0, 0.05) is 36.2 Å². The molecule has 0 saturated carbocycles. The van der Waals surface area contributed by atoms with E-state index in [4.69, 9.17) is 10.5 Å². The molecule has 11 heteroatoms. The third kappa shape index (κ3) is 10.2. The second-order valence-corrected chi connectivity index (χ2v) is 12.3. The van der Waals surface area contributed by atoms with Gasteiger partial charge in [0.2, 0.25) is 11.6 Å². The number of carbonyl (C=O) groups excluding carboxylic acids is 4. The van der Waals surface area contributed by atoms with Crippen LogP contribution < -0.4 is 16.4 Å². The van der Waals surface area contributed by atoms with Crippen molar-refractivity contribution in [1.29, 1.82) is 0 Å². The van der Waals surface area contributed by atoms with Crippen LogP contribution in [0.5, 0.6) is 0 Å². The number of hydrogen-bond donors (Lipinski definition) is 4. The summed E-state index contributed by atoms with van der Waals surface area (Å²) >= 11 is 0. The molecule has 0 spiro atoms. The van der Waals surface area contributed by atoms with Crippen molar-refractivity contribution in [2.45, 2.75) is 73.3 Å². The molecule has 0 aromatic heterocycles. The monoisotopic (exact) mass is 599 g/mol. The van der Waals surface area contributed by atoms with Crippen molar-refractivity contribution in [2.24, 2.45) is 34.6 Å². The molecule has 2 amide bonds. The Bertz CT molecular complexity index is 1230. The molecule has 0 radical (unpaired) electrons. The number of ether oxygens (including phenoxy) is 1. The van der Waals surface area contributed by atoms with Crippen molar-refractivity contribution >= 4 is 29.3 Å². The molecule has 0 unspecified atom stereocenters. The Balaban J connectivity index is 2.54. The van der Waals surface area contributed by atoms with Gasteiger partial charge in [-0.15, -0.1) is 0 Å². The molecule has 0 saturated heterocycles. The molecule has 1 aliphatic carbocycles. The Morgan fingerprint density at radius 3 is 2.47 bits per heavy atom. The summed E-state index contributed by atoms with van der Waals surface area (Å²) in [5.41, 5.74) is 7.63. The predicted molar refractivity (Wildman–Crippen MR) is 166 cm³/mol. The minimum Gasteiger partial charge on any atom is -0.442 e. The van der Waals surface area contributed by atoms with E-state index < -0.39 is 23.9 Å². The van der Waals surface area contributed by atoms with Gasteiger partial charge in [0.15, 0.2) is 0 Å². The van der Waals surface area contributed by atoms with Gasteiger partial charge in [-0.05, 0) is 77.0 Å². The van der Waals surface area contributed by atoms with Crippen LogP contribution in [0.3, 0.4) is 0 Å². The van der Waals surface area contributed by atoms with Crippen LogP contribution in [0.25, 0.3) is 0 Å². The molecular weight excluding hydrogens is 550 g/mol. The zero-order chi connectivity index (χ0) is 32.4. The molecule has 1 aliphatic heterocycles. The molecule has 2 aliphatic rings. The number of nitrogens with two attached hydrogens (primary N) is 1. The number of ketones is 2. The van der Waals surface area contributed by atoms with E-state index in [1.54, 1.807) is 13.0 Å². The average molecular weight is 600 g/mol. The summed E-state index contributed by atoms with van der Waals surface area (Å²) < 4.78 is 5.48. The largest absolute Gasteiger partial charge is 0.442 e. The fourth-order valence-corrected chi connectivity index (χ4v) is 5.76. The topological polar surface area (TPSA) is 163 Å². The van der Waals surface area contributed by atoms with Crippen molar-refractivity contribution in [3.05, 3.63) is 46.3 Å². The van der Waals surface area contributed by atoms with Crippen LogP contribution >= 0.6 is 0 Å². The van der Waals surface area contributed by atoms with Gasteiger partial charge in [-0.2, -0.15) is 0 Å². The molecule has 5 atom stereocenters. The fourth-order valence-electron chi connectivity index (χ4n) is 5.76. The normalized spacial score (nSPS) is 30.3. The third-order valence-electron chi connectivity index (χ3n) is 8.00. The van der Waals surface area contributed by atoms with Crippen LogP contribution in [0, 0.1) is 23.7 Å². The lowest BCUT2D eigenvalue weighted by atomic mass is 9.82. The van der Waals surface area contributed by atoms with Gasteiger partial charge in [0.05, 0.1) is 17.1 Å². The Morgan fingerprint density at radius 2 is 1.86 bits per heavy atom. The summed E-state index contributed by atoms with van der Waals surface area (Å²) in [6.07, 6.45) is 5.30. The molecule has 2 rings (SSSR count). The van der Waals surface area contributed by atoms with E-state index in [0.29, 0.717) is 49.2 Å². The lowest BCUT2D eigenvalue weighted by Crippen LogP contribution is -2.37. The number of primary amides is 1. The molecule has 0 fully saturated rings. The Labute approximate surface area is 255 Å². The van der Waals surface area contributed by atoms with Gasteiger partial charge in [0.1, 0.15) is 6.10 Å². The van der Waals surface area contributed by atoms with E-state index in [-0.39, 0.29) is 47.3 Å². The zero-order valence-electron chi connectivity index (χ0n) is 26.8. The maximum absolute atomic E-state index is 13.7. The summed E-state index contributed by atoms with van der Waals surface area (Å²) in [5, 5.41) is 19.4. The quantitative estimate of drug-likeness (QED) is 0.160. The molecule has 11 nitrogen and oxygen atoms in total. The standard InChI is InChI=1S/C32H49N5O6/c1-18-14-21(4)27(36-42)22(5)16-23(6)30(43-32(33)41)19(2)10-9-11-20(3)31(40)35-25-17-26(38)28(24(15-18)29(25)39)34-12-13-37(7)8/h11,16-19,21-22,30,34,42H,9-10,12-15H2,1-8H3,(H2,33,41)(H,35,40)/b20-11+,23-16+,36-27-/t18-,19-,21-,22-,30+/m0/s1. The number of carbonyl (C=O) groups is 4. The minimum atomic E-state index is -0.886. The first-order valence-corrected chi connectivity index (χ1v) is 14.9. The number of fused-ring (bicyclic) bond motifs is 2. The van der Waals surface area contributed by atoms with Gasteiger partial charge < -0.3 is 31.2 Å². The van der Waals surface area contributed by atoms with E-state index in [0.717, 1.165) is 5.57 Å². The Kier molecular flexibility index (Phi) is 13.4. The van der Waals surface area contributed by atoms with E-state index >= 15 is 0 Å². The third-order valence-corrected chi connectivity index (χ3v) is 8.00. The Hall–Kier alpha value is -3.73. The van der Waals surface area contributed by atoms with Crippen molar-refractivity contribution in [2.75, 3.05) is 27.2 Å². The maximum atomic E-state index is 13.7. The van der Waals surface area contributed by atoms with Gasteiger partial charge in [-0.3, -0.25) is 14.4 Å². The Morgan fingerprint density at radius 1 is 1.19 bits per heavy atom. The molecule has 0 aromatic carbocycles. The number of rotatable bonds is 5. The van der Waals surface area contributed by atoms with Gasteiger partial charge in [0.25, 0.3) is 5.91 Å². The van der Waals surface area contributed by atoms with Gasteiger partial charge in [-0.25, -0.2) is 4.79 Å². The van der Waals surface area contributed by atoms with Crippen molar-refractivity contribution in [1.82, 2.24) is 15.5 Å². The van der Waals surface area contributed by atoms with Crippen LogP contribution in [0.2, 0.25) is 0 Å². The first-order valence-electron chi connectivity index (χ1n) is 14.9. The predicted octanol–water partition coefficient (Wildman–Crippen LogP) is 3.85. The fraction of sp³-hybridized carbons (Fsp3) is 0.594. The summed E-state index contributed by atoms with van der Waals surface area (Å²) in [5.74, 6) is -1.89. The van der Waals surface area contributed by atoms with E-state index in [1.165, 1.54) is 6.08 Å². The SMILES string of the molecule is C/C1=C\CC[C@H](C)[C@@H](OC(N)=O)/C(C)=C/[C@H](C)/C(=N\O)[C@@H](C)C[C@H](C)CC2=C(NCCN(C)C)C(=O)C=C(NC1=O)C2=O. The van der Waals surface area contributed by atoms with Crippen LogP contribution in [-0.2, 0) is 19.1 Å². The zero-order valence-corrected chi connectivity index (χ0v) is 26.8.